The number of halogens is 2. The molecule has 0 spiro atoms. The number of rotatable bonds is 4. The van der Waals surface area contributed by atoms with Crippen molar-refractivity contribution in [2.45, 2.75) is 4.90 Å². The van der Waals surface area contributed by atoms with Crippen LogP contribution in [0.4, 0.5) is 11.4 Å². The Hall–Kier alpha value is -1.56. The molecule has 7 heteroatoms. The summed E-state index contributed by atoms with van der Waals surface area (Å²) in [5.41, 5.74) is 6.64. The minimum absolute atomic E-state index is 0.186. The second-order valence-electron chi connectivity index (χ2n) is 4.23. The summed E-state index contributed by atoms with van der Waals surface area (Å²) in [4.78, 5) is 12.2. The maximum Gasteiger partial charge on any atom is 0.237 e. The van der Waals surface area contributed by atoms with Crippen molar-refractivity contribution in [3.63, 3.8) is 0 Å². The normalized spacial score (nSPS) is 11.9. The van der Waals surface area contributed by atoms with Gasteiger partial charge in [0.25, 0.3) is 0 Å². The van der Waals surface area contributed by atoms with Gasteiger partial charge in [-0.15, -0.1) is 0 Å². The average molecular weight is 343 g/mol. The van der Waals surface area contributed by atoms with Gasteiger partial charge < -0.3 is 11.1 Å². The first-order valence-corrected chi connectivity index (χ1v) is 8.02. The van der Waals surface area contributed by atoms with E-state index >= 15 is 0 Å². The number of carbonyl (C=O) groups is 1. The Bertz CT molecular complexity index is 690. The quantitative estimate of drug-likeness (QED) is 0.837. The molecule has 0 radical (unpaired) electrons. The molecule has 2 aromatic rings. The number of nitrogens with two attached hydrogens (primary N) is 1. The van der Waals surface area contributed by atoms with E-state index in [1.807, 2.05) is 0 Å². The van der Waals surface area contributed by atoms with Crippen molar-refractivity contribution in [2.75, 3.05) is 16.8 Å². The number of hydrogen-bond donors (Lipinski definition) is 2. The zero-order valence-corrected chi connectivity index (χ0v) is 13.1. The Labute approximate surface area is 134 Å². The number of hydrogen-bond acceptors (Lipinski definition) is 3. The maximum absolute atomic E-state index is 12.1. The fourth-order valence-electron chi connectivity index (χ4n) is 1.65. The SMILES string of the molecule is Nc1cc(Cl)ccc1S(=O)CC(=O)Nc1ccc(Cl)cc1. The number of nitrogen functional groups attached to an aromatic ring is 1. The summed E-state index contributed by atoms with van der Waals surface area (Å²) in [7, 11) is -1.53. The van der Waals surface area contributed by atoms with Gasteiger partial charge in [-0.25, -0.2) is 0 Å². The lowest BCUT2D eigenvalue weighted by Crippen LogP contribution is -2.20. The van der Waals surface area contributed by atoms with Gasteiger partial charge in [0.2, 0.25) is 5.91 Å². The first-order chi connectivity index (χ1) is 9.95. The summed E-state index contributed by atoms with van der Waals surface area (Å²) in [6.45, 7) is 0. The van der Waals surface area contributed by atoms with E-state index in [0.717, 1.165) is 0 Å². The van der Waals surface area contributed by atoms with Crippen LogP contribution in [0.5, 0.6) is 0 Å². The van der Waals surface area contributed by atoms with Gasteiger partial charge in [0, 0.05) is 21.4 Å². The summed E-state index contributed by atoms with van der Waals surface area (Å²) in [5.74, 6) is -0.556. The van der Waals surface area contributed by atoms with Crippen LogP contribution in [0.3, 0.4) is 0 Å². The number of benzene rings is 2. The van der Waals surface area contributed by atoms with Gasteiger partial charge in [0.1, 0.15) is 5.75 Å². The van der Waals surface area contributed by atoms with Crippen molar-refractivity contribution >= 4 is 51.3 Å². The first kappa shape index (κ1) is 15.8. The molecular formula is C14H12Cl2N2O2S. The van der Waals surface area contributed by atoms with Gasteiger partial charge >= 0.3 is 0 Å². The Balaban J connectivity index is 2.02. The molecule has 0 saturated heterocycles. The Morgan fingerprint density at radius 2 is 1.71 bits per heavy atom. The molecule has 1 amide bonds. The van der Waals surface area contributed by atoms with Crippen molar-refractivity contribution in [2.24, 2.45) is 0 Å². The van der Waals surface area contributed by atoms with Crippen LogP contribution < -0.4 is 11.1 Å². The van der Waals surface area contributed by atoms with Crippen LogP contribution in [0.1, 0.15) is 0 Å². The van der Waals surface area contributed by atoms with Crippen molar-refractivity contribution < 1.29 is 9.00 Å². The highest BCUT2D eigenvalue weighted by Crippen LogP contribution is 2.21. The fraction of sp³-hybridized carbons (Fsp3) is 0.0714. The van der Waals surface area contributed by atoms with Crippen molar-refractivity contribution in [3.8, 4) is 0 Å². The maximum atomic E-state index is 12.1. The van der Waals surface area contributed by atoms with Crippen LogP contribution in [0, 0.1) is 0 Å². The lowest BCUT2D eigenvalue weighted by Gasteiger charge is -2.07. The van der Waals surface area contributed by atoms with E-state index in [1.165, 1.54) is 6.07 Å². The second kappa shape index (κ2) is 6.93. The molecule has 2 aromatic carbocycles. The van der Waals surface area contributed by atoms with Gasteiger partial charge in [0.05, 0.1) is 15.7 Å². The molecule has 21 heavy (non-hydrogen) atoms. The van der Waals surface area contributed by atoms with Gasteiger partial charge in [0.15, 0.2) is 0 Å². The largest absolute Gasteiger partial charge is 0.398 e. The number of amides is 1. The highest BCUT2D eigenvalue weighted by atomic mass is 35.5. The third-order valence-electron chi connectivity index (χ3n) is 2.61. The molecule has 0 aliphatic carbocycles. The smallest absolute Gasteiger partial charge is 0.237 e. The predicted molar refractivity (Wildman–Crippen MR) is 87.2 cm³/mol. The van der Waals surface area contributed by atoms with Crippen LogP contribution in [0.15, 0.2) is 47.4 Å². The lowest BCUT2D eigenvalue weighted by molar-refractivity contribution is -0.113. The zero-order chi connectivity index (χ0) is 15.4. The molecule has 0 aliphatic heterocycles. The third-order valence-corrected chi connectivity index (χ3v) is 4.48. The molecule has 4 nitrogen and oxygen atoms in total. The molecule has 3 N–H and O–H groups in total. The van der Waals surface area contributed by atoms with Crippen molar-refractivity contribution in [3.05, 3.63) is 52.5 Å². The molecule has 2 rings (SSSR count). The van der Waals surface area contributed by atoms with Gasteiger partial charge in [-0.05, 0) is 42.5 Å². The summed E-state index contributed by atoms with van der Waals surface area (Å²) in [6.07, 6.45) is 0. The number of nitrogens with one attached hydrogen (secondary N) is 1. The van der Waals surface area contributed by atoms with Gasteiger partial charge in [-0.3, -0.25) is 9.00 Å². The molecule has 0 aromatic heterocycles. The van der Waals surface area contributed by atoms with E-state index < -0.39 is 10.8 Å². The van der Waals surface area contributed by atoms with E-state index in [4.69, 9.17) is 28.9 Å². The number of carbonyl (C=O) groups excluding carboxylic acids is 1. The molecule has 1 atom stereocenters. The second-order valence-corrected chi connectivity index (χ2v) is 6.52. The molecule has 1 unspecified atom stereocenters. The highest BCUT2D eigenvalue weighted by molar-refractivity contribution is 7.86. The third kappa shape index (κ3) is 4.46. The fourth-order valence-corrected chi connectivity index (χ4v) is 2.97. The van der Waals surface area contributed by atoms with Crippen molar-refractivity contribution in [1.82, 2.24) is 0 Å². The van der Waals surface area contributed by atoms with E-state index in [-0.39, 0.29) is 11.7 Å². The Kier molecular flexibility index (Phi) is 5.22. The van der Waals surface area contributed by atoms with Gasteiger partial charge in [-0.2, -0.15) is 0 Å². The molecular weight excluding hydrogens is 331 g/mol. The van der Waals surface area contributed by atoms with Crippen LogP contribution in [-0.4, -0.2) is 15.9 Å². The summed E-state index contributed by atoms with van der Waals surface area (Å²) in [6, 6.07) is 11.3. The van der Waals surface area contributed by atoms with E-state index in [9.17, 15) is 9.00 Å². The standard InChI is InChI=1S/C14H12Cl2N2O2S/c15-9-1-4-11(5-2-9)18-14(19)8-21(20)13-6-3-10(16)7-12(13)17/h1-7H,8,17H2,(H,18,19). The van der Waals surface area contributed by atoms with Crippen LogP contribution in [0.25, 0.3) is 0 Å². The summed E-state index contributed by atoms with van der Waals surface area (Å²) < 4.78 is 12.1. The summed E-state index contributed by atoms with van der Waals surface area (Å²) in [5, 5.41) is 3.67. The first-order valence-electron chi connectivity index (χ1n) is 5.94. The van der Waals surface area contributed by atoms with Crippen molar-refractivity contribution in [1.29, 1.82) is 0 Å². The highest BCUT2D eigenvalue weighted by Gasteiger charge is 2.13. The van der Waals surface area contributed by atoms with E-state index in [2.05, 4.69) is 5.32 Å². The molecule has 0 saturated carbocycles. The molecule has 0 heterocycles. The summed E-state index contributed by atoms with van der Waals surface area (Å²) >= 11 is 11.5. The monoisotopic (exact) mass is 342 g/mol. The van der Waals surface area contributed by atoms with E-state index in [0.29, 0.717) is 26.3 Å². The molecule has 0 bridgehead atoms. The van der Waals surface area contributed by atoms with Crippen LogP contribution >= 0.6 is 23.2 Å². The Morgan fingerprint density at radius 3 is 2.33 bits per heavy atom. The van der Waals surface area contributed by atoms with Crippen LogP contribution in [-0.2, 0) is 15.6 Å². The molecule has 0 fully saturated rings. The van der Waals surface area contributed by atoms with Crippen LogP contribution in [0.2, 0.25) is 10.0 Å². The molecule has 110 valence electrons. The average Bonchev–Trinajstić information content (AvgIpc) is 2.41. The van der Waals surface area contributed by atoms with Gasteiger partial charge in [-0.1, -0.05) is 23.2 Å². The zero-order valence-electron chi connectivity index (χ0n) is 10.8. The minimum atomic E-state index is -1.53. The lowest BCUT2D eigenvalue weighted by atomic mass is 10.3. The molecule has 0 aliphatic rings. The van der Waals surface area contributed by atoms with E-state index in [1.54, 1.807) is 36.4 Å². The predicted octanol–water partition coefficient (Wildman–Crippen LogP) is 3.32. The Morgan fingerprint density at radius 1 is 1.10 bits per heavy atom. The minimum Gasteiger partial charge on any atom is -0.398 e. The topological polar surface area (TPSA) is 72.2 Å². The number of anilines is 2.